The van der Waals surface area contributed by atoms with Crippen LogP contribution >= 0.6 is 15.9 Å². The summed E-state index contributed by atoms with van der Waals surface area (Å²) in [5, 5.41) is 9.58. The Hall–Kier alpha value is -1.36. The van der Waals surface area contributed by atoms with Gasteiger partial charge in [0.1, 0.15) is 5.82 Å². The van der Waals surface area contributed by atoms with Gasteiger partial charge in [-0.25, -0.2) is 4.39 Å². The molecule has 78 valence electrons. The Bertz CT molecular complexity index is 442. The Labute approximate surface area is 94.8 Å². The number of rotatable bonds is 3. The van der Waals surface area contributed by atoms with Crippen molar-refractivity contribution in [3.05, 3.63) is 46.4 Å². The number of aromatic amines is 1. The molecule has 1 aromatic heterocycles. The quantitative estimate of drug-likeness (QED) is 0.900. The van der Waals surface area contributed by atoms with Crippen molar-refractivity contribution < 1.29 is 4.39 Å². The van der Waals surface area contributed by atoms with Crippen LogP contribution < -0.4 is 5.32 Å². The molecule has 15 heavy (non-hydrogen) atoms. The zero-order valence-electron chi connectivity index (χ0n) is 7.80. The molecule has 1 heterocycles. The first-order valence-electron chi connectivity index (χ1n) is 4.43. The number of aromatic nitrogens is 2. The largest absolute Gasteiger partial charge is 0.377 e. The molecule has 0 spiro atoms. The number of nitrogens with one attached hydrogen (secondary N) is 2. The first-order chi connectivity index (χ1) is 7.25. The first-order valence-corrected chi connectivity index (χ1v) is 5.22. The lowest BCUT2D eigenvalue weighted by atomic mass is 10.3. The topological polar surface area (TPSA) is 40.7 Å². The molecule has 3 nitrogen and oxygen atoms in total. The smallest absolute Gasteiger partial charge is 0.146 e. The van der Waals surface area contributed by atoms with Gasteiger partial charge in [-0.3, -0.25) is 5.10 Å². The van der Waals surface area contributed by atoms with Gasteiger partial charge in [0.15, 0.2) is 0 Å². The van der Waals surface area contributed by atoms with E-state index in [0.717, 1.165) is 10.2 Å². The Balaban J connectivity index is 2.07. The van der Waals surface area contributed by atoms with E-state index in [1.54, 1.807) is 18.3 Å². The van der Waals surface area contributed by atoms with Gasteiger partial charge in [-0.05, 0) is 24.3 Å². The molecular formula is C10H9BrFN3. The second-order valence-electron chi connectivity index (χ2n) is 3.06. The van der Waals surface area contributed by atoms with E-state index in [2.05, 4.69) is 31.4 Å². The highest BCUT2D eigenvalue weighted by Gasteiger charge is 2.02. The molecule has 0 saturated carbocycles. The van der Waals surface area contributed by atoms with Gasteiger partial charge >= 0.3 is 0 Å². The van der Waals surface area contributed by atoms with E-state index in [0.29, 0.717) is 12.2 Å². The number of benzene rings is 1. The Morgan fingerprint density at radius 2 is 2.27 bits per heavy atom. The van der Waals surface area contributed by atoms with Crippen molar-refractivity contribution in [3.8, 4) is 0 Å². The average Bonchev–Trinajstić information content (AvgIpc) is 2.72. The molecule has 1 aromatic carbocycles. The second-order valence-corrected chi connectivity index (χ2v) is 3.98. The molecule has 2 aromatic rings. The average molecular weight is 270 g/mol. The molecule has 0 saturated heterocycles. The molecule has 2 rings (SSSR count). The Morgan fingerprint density at radius 1 is 1.40 bits per heavy atom. The monoisotopic (exact) mass is 269 g/mol. The second kappa shape index (κ2) is 4.44. The van der Waals surface area contributed by atoms with Gasteiger partial charge in [0, 0.05) is 10.7 Å². The van der Waals surface area contributed by atoms with Crippen molar-refractivity contribution in [2.24, 2.45) is 0 Å². The summed E-state index contributed by atoms with van der Waals surface area (Å²) in [6, 6.07) is 6.62. The van der Waals surface area contributed by atoms with Gasteiger partial charge in [-0.15, -0.1) is 0 Å². The van der Waals surface area contributed by atoms with Crippen LogP contribution in [0.25, 0.3) is 0 Å². The zero-order chi connectivity index (χ0) is 10.7. The summed E-state index contributed by atoms with van der Waals surface area (Å²) in [5.41, 5.74) is 1.38. The summed E-state index contributed by atoms with van der Waals surface area (Å²) in [6.07, 6.45) is 1.66. The minimum Gasteiger partial charge on any atom is -0.377 e. The fourth-order valence-corrected chi connectivity index (χ4v) is 1.57. The van der Waals surface area contributed by atoms with E-state index >= 15 is 0 Å². The van der Waals surface area contributed by atoms with Crippen LogP contribution in [0.15, 0.2) is 34.9 Å². The van der Waals surface area contributed by atoms with Gasteiger partial charge in [0.25, 0.3) is 0 Å². The third-order valence-electron chi connectivity index (χ3n) is 1.96. The molecule has 0 amide bonds. The van der Waals surface area contributed by atoms with Crippen molar-refractivity contribution in [2.75, 3.05) is 5.32 Å². The predicted octanol–water partition coefficient (Wildman–Crippen LogP) is 2.92. The summed E-state index contributed by atoms with van der Waals surface area (Å²) in [7, 11) is 0. The number of halogens is 2. The summed E-state index contributed by atoms with van der Waals surface area (Å²) in [5.74, 6) is -0.266. The lowest BCUT2D eigenvalue weighted by Crippen LogP contribution is -2.01. The van der Waals surface area contributed by atoms with E-state index < -0.39 is 0 Å². The molecule has 0 atom stereocenters. The van der Waals surface area contributed by atoms with E-state index in [1.807, 2.05) is 6.07 Å². The first kappa shape index (κ1) is 10.2. The number of H-pyrrole nitrogens is 1. The minimum atomic E-state index is -0.266. The predicted molar refractivity (Wildman–Crippen MR) is 60.0 cm³/mol. The Morgan fingerprint density at radius 3 is 3.00 bits per heavy atom. The fraction of sp³-hybridized carbons (Fsp3) is 0.100. The van der Waals surface area contributed by atoms with E-state index in [1.165, 1.54) is 6.07 Å². The number of nitrogens with zero attached hydrogens (tertiary/aromatic N) is 1. The van der Waals surface area contributed by atoms with Gasteiger partial charge in [0.05, 0.1) is 17.9 Å². The standard InChI is InChI=1S/C10H9BrFN3/c11-7-1-2-9(12)10(5-7)13-6-8-3-4-14-15-8/h1-5,13H,6H2,(H,14,15). The van der Waals surface area contributed by atoms with Crippen molar-refractivity contribution >= 4 is 21.6 Å². The highest BCUT2D eigenvalue weighted by molar-refractivity contribution is 9.10. The molecule has 0 aliphatic rings. The normalized spacial score (nSPS) is 10.3. The SMILES string of the molecule is Fc1ccc(Br)cc1NCc1ccn[nH]1. The van der Waals surface area contributed by atoms with Crippen molar-refractivity contribution in [2.45, 2.75) is 6.54 Å². The van der Waals surface area contributed by atoms with Crippen molar-refractivity contribution in [3.63, 3.8) is 0 Å². The molecule has 0 aliphatic heterocycles. The van der Waals surface area contributed by atoms with Crippen LogP contribution in [0.4, 0.5) is 10.1 Å². The van der Waals surface area contributed by atoms with Crippen molar-refractivity contribution in [1.29, 1.82) is 0 Å². The van der Waals surface area contributed by atoms with E-state index in [9.17, 15) is 4.39 Å². The van der Waals surface area contributed by atoms with Gasteiger partial charge in [0.2, 0.25) is 0 Å². The zero-order valence-corrected chi connectivity index (χ0v) is 9.38. The highest BCUT2D eigenvalue weighted by atomic mass is 79.9. The molecule has 0 unspecified atom stereocenters. The Kier molecular flexibility index (Phi) is 3.01. The van der Waals surface area contributed by atoms with Crippen LogP contribution in [0.3, 0.4) is 0 Å². The van der Waals surface area contributed by atoms with Crippen LogP contribution in [-0.2, 0) is 6.54 Å². The number of hydrogen-bond acceptors (Lipinski definition) is 2. The number of anilines is 1. The lowest BCUT2D eigenvalue weighted by molar-refractivity contribution is 0.629. The molecule has 2 N–H and O–H groups in total. The summed E-state index contributed by atoms with van der Waals surface area (Å²) < 4.78 is 14.1. The molecular weight excluding hydrogens is 261 g/mol. The number of hydrogen-bond donors (Lipinski definition) is 2. The van der Waals surface area contributed by atoms with Crippen LogP contribution in [0.2, 0.25) is 0 Å². The molecule has 0 fully saturated rings. The molecule has 0 radical (unpaired) electrons. The van der Waals surface area contributed by atoms with Crippen LogP contribution in [0.1, 0.15) is 5.69 Å². The third-order valence-corrected chi connectivity index (χ3v) is 2.45. The summed E-state index contributed by atoms with van der Waals surface area (Å²) in [6.45, 7) is 0.521. The third kappa shape index (κ3) is 2.56. The van der Waals surface area contributed by atoms with Crippen LogP contribution in [-0.4, -0.2) is 10.2 Å². The maximum Gasteiger partial charge on any atom is 0.146 e. The van der Waals surface area contributed by atoms with E-state index in [-0.39, 0.29) is 5.82 Å². The minimum absolute atomic E-state index is 0.266. The highest BCUT2D eigenvalue weighted by Crippen LogP contribution is 2.20. The molecule has 0 bridgehead atoms. The maximum absolute atomic E-state index is 13.3. The van der Waals surface area contributed by atoms with Gasteiger partial charge in [-0.2, -0.15) is 5.10 Å². The van der Waals surface area contributed by atoms with Gasteiger partial charge < -0.3 is 5.32 Å². The van der Waals surface area contributed by atoms with Gasteiger partial charge in [-0.1, -0.05) is 15.9 Å². The molecule has 5 heteroatoms. The molecule has 0 aliphatic carbocycles. The van der Waals surface area contributed by atoms with Crippen LogP contribution in [0.5, 0.6) is 0 Å². The van der Waals surface area contributed by atoms with E-state index in [4.69, 9.17) is 0 Å². The van der Waals surface area contributed by atoms with Crippen LogP contribution in [0, 0.1) is 5.82 Å². The van der Waals surface area contributed by atoms with Crippen molar-refractivity contribution in [1.82, 2.24) is 10.2 Å². The summed E-state index contributed by atoms with van der Waals surface area (Å²) >= 11 is 3.29. The lowest BCUT2D eigenvalue weighted by Gasteiger charge is -2.06. The maximum atomic E-state index is 13.3. The summed E-state index contributed by atoms with van der Waals surface area (Å²) in [4.78, 5) is 0. The fourth-order valence-electron chi connectivity index (χ4n) is 1.21.